The second-order valence-corrected chi connectivity index (χ2v) is 5.09. The topological polar surface area (TPSA) is 99.1 Å². The van der Waals surface area contributed by atoms with E-state index in [-0.39, 0.29) is 0 Å². The molecular weight excluding hydrogens is 282 g/mol. The zero-order valence-corrected chi connectivity index (χ0v) is 13.0. The van der Waals surface area contributed by atoms with Gasteiger partial charge in [0.15, 0.2) is 5.82 Å². The molecule has 2 heterocycles. The number of aliphatic hydroxyl groups excluding tert-OH is 1. The average Bonchev–Trinajstić information content (AvgIpc) is 2.49. The lowest BCUT2D eigenvalue weighted by molar-refractivity contribution is 0.208. The highest BCUT2D eigenvalue weighted by molar-refractivity contribution is 5.86. The second kappa shape index (κ2) is 6.99. The Morgan fingerprint density at radius 2 is 2.05 bits per heavy atom. The van der Waals surface area contributed by atoms with Crippen LogP contribution in [0.5, 0.6) is 0 Å². The molecule has 0 aliphatic heterocycles. The number of fused-ring (bicyclic) bond motifs is 1. The van der Waals surface area contributed by atoms with Crippen molar-refractivity contribution in [3.8, 4) is 0 Å². The fourth-order valence-electron chi connectivity index (χ4n) is 1.79. The number of hydrogen-bond donors (Lipinski definition) is 3. The summed E-state index contributed by atoms with van der Waals surface area (Å²) in [5.41, 5.74) is 1.30. The molecule has 8 heteroatoms. The highest BCUT2D eigenvalue weighted by atomic mass is 16.3. The molecule has 2 aromatic rings. The van der Waals surface area contributed by atoms with Crippen LogP contribution in [0.25, 0.3) is 11.0 Å². The lowest BCUT2D eigenvalue weighted by Gasteiger charge is -2.15. The van der Waals surface area contributed by atoms with Crippen molar-refractivity contribution in [2.75, 3.05) is 42.7 Å². The molecule has 0 fully saturated rings. The monoisotopic (exact) mass is 303 g/mol. The van der Waals surface area contributed by atoms with Crippen molar-refractivity contribution < 1.29 is 5.11 Å². The van der Waals surface area contributed by atoms with Crippen molar-refractivity contribution in [2.24, 2.45) is 0 Å². The zero-order valence-electron chi connectivity index (χ0n) is 13.0. The van der Waals surface area contributed by atoms with Crippen LogP contribution in [0.4, 0.5) is 17.7 Å². The van der Waals surface area contributed by atoms with Gasteiger partial charge in [-0.15, -0.1) is 6.58 Å². The largest absolute Gasteiger partial charge is 0.392 e. The molecule has 0 saturated carbocycles. The van der Waals surface area contributed by atoms with Gasteiger partial charge in [0, 0.05) is 27.2 Å². The van der Waals surface area contributed by atoms with E-state index in [9.17, 15) is 5.11 Å². The third kappa shape index (κ3) is 3.79. The van der Waals surface area contributed by atoms with Gasteiger partial charge in [-0.2, -0.15) is 4.98 Å². The number of aliphatic hydroxyl groups is 1. The van der Waals surface area contributed by atoms with Crippen molar-refractivity contribution in [1.82, 2.24) is 19.9 Å². The number of rotatable bonds is 7. The summed E-state index contributed by atoms with van der Waals surface area (Å²) in [5.74, 6) is 1.63. The normalized spacial score (nSPS) is 12.0. The molecule has 0 saturated heterocycles. The van der Waals surface area contributed by atoms with Crippen LogP contribution < -0.4 is 15.5 Å². The molecule has 8 nitrogen and oxygen atoms in total. The summed E-state index contributed by atoms with van der Waals surface area (Å²) in [7, 11) is 3.79. The molecule has 0 amide bonds. The maximum atomic E-state index is 9.32. The van der Waals surface area contributed by atoms with Crippen LogP contribution in [-0.4, -0.2) is 58.3 Å². The number of hydrogen-bond acceptors (Lipinski definition) is 8. The smallest absolute Gasteiger partial charge is 0.225 e. The van der Waals surface area contributed by atoms with Gasteiger partial charge in [-0.3, -0.25) is 0 Å². The van der Waals surface area contributed by atoms with Gasteiger partial charge < -0.3 is 20.6 Å². The number of anilines is 3. The third-order valence-corrected chi connectivity index (χ3v) is 2.80. The molecule has 1 atom stereocenters. The number of nitrogens with one attached hydrogen (secondary N) is 2. The van der Waals surface area contributed by atoms with Gasteiger partial charge in [0.25, 0.3) is 0 Å². The fraction of sp³-hybridized carbons (Fsp3) is 0.429. The Hall–Kier alpha value is -2.48. The van der Waals surface area contributed by atoms with Gasteiger partial charge >= 0.3 is 0 Å². The van der Waals surface area contributed by atoms with E-state index in [2.05, 4.69) is 37.1 Å². The van der Waals surface area contributed by atoms with E-state index in [0.29, 0.717) is 41.8 Å². The molecule has 2 rings (SSSR count). The lowest BCUT2D eigenvalue weighted by atomic mass is 10.4. The summed E-state index contributed by atoms with van der Waals surface area (Å²) in [6, 6.07) is 0. The molecule has 0 spiro atoms. The highest BCUT2D eigenvalue weighted by Gasteiger charge is 2.12. The summed E-state index contributed by atoms with van der Waals surface area (Å²) in [4.78, 5) is 19.4. The Morgan fingerprint density at radius 3 is 2.68 bits per heavy atom. The molecule has 2 aromatic heterocycles. The summed E-state index contributed by atoms with van der Waals surface area (Å²) < 4.78 is 0. The maximum Gasteiger partial charge on any atom is 0.225 e. The van der Waals surface area contributed by atoms with Crippen LogP contribution in [0.2, 0.25) is 0 Å². The van der Waals surface area contributed by atoms with Crippen molar-refractivity contribution >= 4 is 28.7 Å². The Bertz CT molecular complexity index is 657. The fourth-order valence-corrected chi connectivity index (χ4v) is 1.79. The predicted octanol–water partition coefficient (Wildman–Crippen LogP) is 0.876. The minimum atomic E-state index is -0.477. The molecule has 0 aliphatic rings. The van der Waals surface area contributed by atoms with Gasteiger partial charge in [0.1, 0.15) is 11.0 Å². The van der Waals surface area contributed by atoms with Gasteiger partial charge in [-0.05, 0) is 6.92 Å². The first-order valence-corrected chi connectivity index (χ1v) is 7.00. The molecule has 0 bridgehead atoms. The van der Waals surface area contributed by atoms with Gasteiger partial charge in [0.2, 0.25) is 11.9 Å². The summed E-state index contributed by atoms with van der Waals surface area (Å²) in [5, 5.41) is 15.4. The van der Waals surface area contributed by atoms with Crippen molar-refractivity contribution in [1.29, 1.82) is 0 Å². The molecule has 22 heavy (non-hydrogen) atoms. The van der Waals surface area contributed by atoms with Crippen LogP contribution >= 0.6 is 0 Å². The van der Waals surface area contributed by atoms with E-state index < -0.39 is 6.10 Å². The van der Waals surface area contributed by atoms with E-state index in [1.54, 1.807) is 19.2 Å². The van der Waals surface area contributed by atoms with Crippen LogP contribution in [0.3, 0.4) is 0 Å². The third-order valence-electron chi connectivity index (χ3n) is 2.80. The summed E-state index contributed by atoms with van der Waals surface area (Å²) >= 11 is 0. The Labute approximate surface area is 129 Å². The minimum Gasteiger partial charge on any atom is -0.392 e. The van der Waals surface area contributed by atoms with Crippen molar-refractivity contribution in [2.45, 2.75) is 13.0 Å². The van der Waals surface area contributed by atoms with Gasteiger partial charge in [-0.25, -0.2) is 15.0 Å². The highest BCUT2D eigenvalue weighted by Crippen LogP contribution is 2.22. The van der Waals surface area contributed by atoms with E-state index in [4.69, 9.17) is 0 Å². The standard InChI is InChI=1S/C14H21N7O/c1-5-6-15-14-18-10-8-17-13(16-7-9(2)22)19-11(10)12(20-14)21(3)4/h5,8-9,22H,1,6-7H2,2-4H3,(H,15,18,20)(H,16,17,19). The molecular formula is C14H21N7O. The first-order valence-electron chi connectivity index (χ1n) is 7.00. The van der Waals surface area contributed by atoms with Crippen LogP contribution in [0.1, 0.15) is 6.92 Å². The van der Waals surface area contributed by atoms with Crippen LogP contribution in [-0.2, 0) is 0 Å². The van der Waals surface area contributed by atoms with Crippen molar-refractivity contribution in [3.63, 3.8) is 0 Å². The summed E-state index contributed by atoms with van der Waals surface area (Å²) in [6.45, 7) is 6.31. The average molecular weight is 303 g/mol. The first kappa shape index (κ1) is 15.9. The Kier molecular flexibility index (Phi) is 5.05. The Morgan fingerprint density at radius 1 is 1.27 bits per heavy atom. The SMILES string of the molecule is C=CCNc1nc(N(C)C)c2nc(NCC(C)O)ncc2n1. The summed E-state index contributed by atoms with van der Waals surface area (Å²) in [6.07, 6.45) is 2.90. The van der Waals surface area contributed by atoms with Crippen LogP contribution in [0.15, 0.2) is 18.9 Å². The van der Waals surface area contributed by atoms with E-state index >= 15 is 0 Å². The molecule has 0 aliphatic carbocycles. The van der Waals surface area contributed by atoms with E-state index in [1.165, 1.54) is 0 Å². The molecule has 118 valence electrons. The lowest BCUT2D eigenvalue weighted by Crippen LogP contribution is -2.18. The number of nitrogens with zero attached hydrogens (tertiary/aromatic N) is 5. The first-order chi connectivity index (χ1) is 10.5. The predicted molar refractivity (Wildman–Crippen MR) is 88.3 cm³/mol. The molecule has 0 radical (unpaired) electrons. The van der Waals surface area contributed by atoms with Gasteiger partial charge in [0.05, 0.1) is 12.3 Å². The molecule has 1 unspecified atom stereocenters. The van der Waals surface area contributed by atoms with E-state index in [0.717, 1.165) is 0 Å². The molecule has 3 N–H and O–H groups in total. The van der Waals surface area contributed by atoms with E-state index in [1.807, 2.05) is 19.0 Å². The Balaban J connectivity index is 2.41. The van der Waals surface area contributed by atoms with Gasteiger partial charge in [-0.1, -0.05) is 6.08 Å². The zero-order chi connectivity index (χ0) is 16.1. The van der Waals surface area contributed by atoms with Crippen molar-refractivity contribution in [3.05, 3.63) is 18.9 Å². The van der Waals surface area contributed by atoms with Crippen LogP contribution in [0, 0.1) is 0 Å². The quantitative estimate of drug-likeness (QED) is 0.648. The molecule has 0 aromatic carbocycles. The number of aromatic nitrogens is 4. The maximum absolute atomic E-state index is 9.32. The second-order valence-electron chi connectivity index (χ2n) is 5.09. The minimum absolute atomic E-state index is 0.378.